The predicted octanol–water partition coefficient (Wildman–Crippen LogP) is 3.28. The van der Waals surface area contributed by atoms with Gasteiger partial charge in [0, 0.05) is 50.0 Å². The molecule has 0 saturated carbocycles. The summed E-state index contributed by atoms with van der Waals surface area (Å²) in [6, 6.07) is 14.0. The van der Waals surface area contributed by atoms with Crippen LogP contribution in [0.5, 0.6) is 5.75 Å². The van der Waals surface area contributed by atoms with Crippen molar-refractivity contribution >= 4 is 17.3 Å². The summed E-state index contributed by atoms with van der Waals surface area (Å²) in [7, 11) is 0. The second-order valence-electron chi connectivity index (χ2n) is 8.29. The average Bonchev–Trinajstić information content (AvgIpc) is 3.37. The molecule has 0 fully saturated rings. The first-order valence-corrected chi connectivity index (χ1v) is 10.7. The number of alkyl halides is 3. The first-order chi connectivity index (χ1) is 16.2. The lowest BCUT2D eigenvalue weighted by Gasteiger charge is -2.29. The van der Waals surface area contributed by atoms with Crippen LogP contribution >= 0.6 is 0 Å². The van der Waals surface area contributed by atoms with Crippen molar-refractivity contribution in [2.75, 3.05) is 43.0 Å². The summed E-state index contributed by atoms with van der Waals surface area (Å²) in [5.41, 5.74) is 4.28. The van der Waals surface area contributed by atoms with E-state index in [9.17, 15) is 23.1 Å². The van der Waals surface area contributed by atoms with Gasteiger partial charge in [-0.15, -0.1) is 13.2 Å². The molecule has 1 unspecified atom stereocenters. The Morgan fingerprint density at radius 3 is 2.21 bits per heavy atom. The molecule has 34 heavy (non-hydrogen) atoms. The zero-order chi connectivity index (χ0) is 24.3. The molecule has 2 aromatic carbocycles. The van der Waals surface area contributed by atoms with Crippen molar-refractivity contribution in [3.63, 3.8) is 0 Å². The Labute approximate surface area is 194 Å². The number of hydrogen-bond donors (Lipinski definition) is 2. The number of nitriles is 1. The van der Waals surface area contributed by atoms with Crippen LogP contribution in [0, 0.1) is 11.3 Å². The maximum atomic E-state index is 12.5. The maximum Gasteiger partial charge on any atom is 0.573 e. The Kier molecular flexibility index (Phi) is 6.77. The van der Waals surface area contributed by atoms with Gasteiger partial charge in [0.15, 0.2) is 0 Å². The minimum Gasteiger partial charge on any atom is -0.406 e. The molecule has 0 aliphatic carbocycles. The van der Waals surface area contributed by atoms with E-state index in [0.29, 0.717) is 37.4 Å². The van der Waals surface area contributed by atoms with Gasteiger partial charge >= 0.3 is 6.36 Å². The van der Waals surface area contributed by atoms with E-state index in [0.717, 1.165) is 5.69 Å². The maximum absolute atomic E-state index is 12.5. The van der Waals surface area contributed by atoms with Crippen LogP contribution in [-0.4, -0.2) is 61.1 Å². The summed E-state index contributed by atoms with van der Waals surface area (Å²) in [5.74, 6) is -0.481. The van der Waals surface area contributed by atoms with Crippen LogP contribution in [0.3, 0.4) is 0 Å². The number of halogens is 3. The zero-order valence-corrected chi connectivity index (χ0v) is 18.2. The smallest absolute Gasteiger partial charge is 0.406 e. The highest BCUT2D eigenvalue weighted by molar-refractivity contribution is 5.91. The summed E-state index contributed by atoms with van der Waals surface area (Å²) in [4.78, 5) is 16.6. The molecule has 0 aromatic heterocycles. The van der Waals surface area contributed by atoms with Gasteiger partial charge < -0.3 is 20.1 Å². The van der Waals surface area contributed by atoms with Gasteiger partial charge in [-0.3, -0.25) is 9.69 Å². The minimum atomic E-state index is -4.72. The van der Waals surface area contributed by atoms with Gasteiger partial charge in [0.2, 0.25) is 5.91 Å². The van der Waals surface area contributed by atoms with Gasteiger partial charge in [-0.05, 0) is 59.7 Å². The lowest BCUT2D eigenvalue weighted by atomic mass is 10.1. The second-order valence-corrected chi connectivity index (χ2v) is 8.29. The normalized spacial score (nSPS) is 16.9. The number of carbonyl (C=O) groups excluding carboxylic acids is 1. The predicted molar refractivity (Wildman–Crippen MR) is 119 cm³/mol. The third kappa shape index (κ3) is 5.68. The summed E-state index contributed by atoms with van der Waals surface area (Å²) < 4.78 is 41.0. The van der Waals surface area contributed by atoms with Crippen molar-refractivity contribution in [3.05, 3.63) is 65.2 Å². The van der Waals surface area contributed by atoms with Gasteiger partial charge in [0.1, 0.15) is 5.75 Å². The molecule has 2 heterocycles. The van der Waals surface area contributed by atoms with Gasteiger partial charge in [-0.25, -0.2) is 0 Å². The minimum absolute atomic E-state index is 0.126. The molecule has 1 atom stereocenters. The van der Waals surface area contributed by atoms with E-state index in [4.69, 9.17) is 5.26 Å². The molecule has 2 aromatic rings. The molecule has 4 rings (SSSR count). The van der Waals surface area contributed by atoms with E-state index >= 15 is 0 Å². The third-order valence-electron chi connectivity index (χ3n) is 5.93. The van der Waals surface area contributed by atoms with Gasteiger partial charge in [0.25, 0.3) is 0 Å². The molecule has 10 heteroatoms. The van der Waals surface area contributed by atoms with Gasteiger partial charge in [0.05, 0.1) is 18.2 Å². The van der Waals surface area contributed by atoms with E-state index in [-0.39, 0.29) is 30.7 Å². The molecule has 7 nitrogen and oxygen atoms in total. The van der Waals surface area contributed by atoms with Crippen LogP contribution in [0.25, 0.3) is 0 Å². The van der Waals surface area contributed by atoms with E-state index < -0.39 is 6.36 Å². The monoisotopic (exact) mass is 472 g/mol. The van der Waals surface area contributed by atoms with Crippen molar-refractivity contribution in [1.29, 1.82) is 5.26 Å². The Hall–Kier alpha value is -3.55. The van der Waals surface area contributed by atoms with Gasteiger partial charge in [-0.1, -0.05) is 0 Å². The third-order valence-corrected chi connectivity index (χ3v) is 5.93. The molecule has 0 spiro atoms. The molecule has 0 saturated heterocycles. The molecule has 1 amide bonds. The quantitative estimate of drug-likeness (QED) is 0.602. The summed E-state index contributed by atoms with van der Waals surface area (Å²) in [6.45, 7) is 2.36. The SMILES string of the molecule is N#Cc1ccc(NC(=O)CC(CO)N2CC3=C(CN(c4ccc(OC(F)(F)F)cc4)C3)C2)cc1. The Morgan fingerprint density at radius 2 is 1.68 bits per heavy atom. The van der Waals surface area contributed by atoms with Crippen LogP contribution in [0.4, 0.5) is 24.5 Å². The Balaban J connectivity index is 1.29. The van der Waals surface area contributed by atoms with Crippen LogP contribution in [0.2, 0.25) is 0 Å². The van der Waals surface area contributed by atoms with Crippen molar-refractivity contribution < 1.29 is 27.8 Å². The van der Waals surface area contributed by atoms with E-state index in [2.05, 4.69) is 19.9 Å². The molecule has 2 aliphatic rings. The number of aliphatic hydroxyl groups is 1. The largest absolute Gasteiger partial charge is 0.573 e. The first-order valence-electron chi connectivity index (χ1n) is 10.7. The van der Waals surface area contributed by atoms with Crippen LogP contribution in [0.1, 0.15) is 12.0 Å². The highest BCUT2D eigenvalue weighted by atomic mass is 19.4. The standard InChI is InChI=1S/C24H23F3N4O3/c25-24(26,27)34-22-7-5-20(6-8-22)30-11-17-13-31(14-18(17)12-30)21(15-32)9-23(33)29-19-3-1-16(10-28)2-4-19/h1-8,21,32H,9,11-15H2,(H,29,33). The van der Waals surface area contributed by atoms with Gasteiger partial charge in [-0.2, -0.15) is 5.26 Å². The van der Waals surface area contributed by atoms with E-state index in [1.165, 1.54) is 23.3 Å². The van der Waals surface area contributed by atoms with Crippen molar-refractivity contribution in [2.45, 2.75) is 18.8 Å². The van der Waals surface area contributed by atoms with E-state index in [1.54, 1.807) is 36.4 Å². The molecule has 178 valence electrons. The number of nitrogens with one attached hydrogen (secondary N) is 1. The first kappa shape index (κ1) is 23.6. The molecular weight excluding hydrogens is 449 g/mol. The van der Waals surface area contributed by atoms with Crippen molar-refractivity contribution in [1.82, 2.24) is 4.90 Å². The molecule has 2 aliphatic heterocycles. The summed E-state index contributed by atoms with van der Waals surface area (Å²) in [6.07, 6.45) is -4.59. The fraction of sp³-hybridized carbons (Fsp3) is 0.333. The molecule has 2 N–H and O–H groups in total. The number of anilines is 2. The van der Waals surface area contributed by atoms with Crippen LogP contribution in [0.15, 0.2) is 59.7 Å². The Morgan fingerprint density at radius 1 is 1.06 bits per heavy atom. The molecule has 0 bridgehead atoms. The number of nitrogens with zero attached hydrogens (tertiary/aromatic N) is 3. The lowest BCUT2D eigenvalue weighted by Crippen LogP contribution is -2.41. The summed E-state index contributed by atoms with van der Waals surface area (Å²) >= 11 is 0. The number of amides is 1. The van der Waals surface area contributed by atoms with Crippen LogP contribution < -0.4 is 15.0 Å². The zero-order valence-electron chi connectivity index (χ0n) is 18.2. The van der Waals surface area contributed by atoms with Crippen molar-refractivity contribution in [2.24, 2.45) is 0 Å². The number of carbonyl (C=O) groups is 1. The van der Waals surface area contributed by atoms with Crippen molar-refractivity contribution in [3.8, 4) is 11.8 Å². The van der Waals surface area contributed by atoms with Crippen LogP contribution in [-0.2, 0) is 4.79 Å². The highest BCUT2D eigenvalue weighted by Gasteiger charge is 2.34. The molecule has 0 radical (unpaired) electrons. The molecular formula is C24H23F3N4O3. The fourth-order valence-corrected chi connectivity index (χ4v) is 4.27. The van der Waals surface area contributed by atoms with E-state index in [1.807, 2.05) is 6.07 Å². The summed E-state index contributed by atoms with van der Waals surface area (Å²) in [5, 5.41) is 21.5. The fourth-order valence-electron chi connectivity index (χ4n) is 4.27. The highest BCUT2D eigenvalue weighted by Crippen LogP contribution is 2.32. The second kappa shape index (κ2) is 9.75. The topological polar surface area (TPSA) is 88.8 Å². The number of rotatable bonds is 7. The number of ether oxygens (including phenoxy) is 1. The number of benzene rings is 2. The number of hydrogen-bond acceptors (Lipinski definition) is 6. The average molecular weight is 472 g/mol. The number of aliphatic hydroxyl groups excluding tert-OH is 1. The lowest BCUT2D eigenvalue weighted by molar-refractivity contribution is -0.274. The Bertz CT molecular complexity index is 1090.